The molecule has 5 heteroatoms. The van der Waals surface area contributed by atoms with E-state index >= 15 is 0 Å². The van der Waals surface area contributed by atoms with Gasteiger partial charge in [0.1, 0.15) is 5.54 Å². The van der Waals surface area contributed by atoms with E-state index in [9.17, 15) is 13.7 Å². The van der Waals surface area contributed by atoms with Crippen LogP contribution in [0.15, 0.2) is 0 Å². The summed E-state index contributed by atoms with van der Waals surface area (Å²) in [6.07, 6.45) is 6.86. The van der Waals surface area contributed by atoms with E-state index in [1.165, 1.54) is 19.3 Å². The Morgan fingerprint density at radius 2 is 1.71 bits per heavy atom. The maximum absolute atomic E-state index is 11.4. The lowest BCUT2D eigenvalue weighted by Crippen LogP contribution is -2.54. The Morgan fingerprint density at radius 3 is 2.24 bits per heavy atom. The van der Waals surface area contributed by atoms with Gasteiger partial charge in [0.15, 0.2) is 9.84 Å². The van der Waals surface area contributed by atoms with E-state index in [4.69, 9.17) is 0 Å². The molecule has 17 heavy (non-hydrogen) atoms. The predicted octanol–water partition coefficient (Wildman–Crippen LogP) is 1.38. The maximum atomic E-state index is 11.4. The fraction of sp³-hybridized carbons (Fsp3) is 0.917. The summed E-state index contributed by atoms with van der Waals surface area (Å²) in [4.78, 5) is 0. The fourth-order valence-corrected chi connectivity index (χ4v) is 4.34. The van der Waals surface area contributed by atoms with Gasteiger partial charge in [-0.1, -0.05) is 19.3 Å². The van der Waals surface area contributed by atoms with Crippen molar-refractivity contribution in [3.8, 4) is 6.07 Å². The first-order chi connectivity index (χ1) is 8.05. The van der Waals surface area contributed by atoms with Crippen LogP contribution in [0.3, 0.4) is 0 Å². The molecule has 0 aromatic heterocycles. The number of sulfone groups is 1. The summed E-state index contributed by atoms with van der Waals surface area (Å²) in [7, 11) is -2.90. The quantitative estimate of drug-likeness (QED) is 0.810. The summed E-state index contributed by atoms with van der Waals surface area (Å²) < 4.78 is 22.8. The van der Waals surface area contributed by atoms with E-state index < -0.39 is 15.4 Å². The Morgan fingerprint density at radius 1 is 1.12 bits per heavy atom. The van der Waals surface area contributed by atoms with Gasteiger partial charge in [-0.2, -0.15) is 5.26 Å². The SMILES string of the molecule is N#CC1(NC2CCCCC2)CCS(=O)(=O)CC1. The molecule has 0 unspecified atom stereocenters. The summed E-state index contributed by atoms with van der Waals surface area (Å²) >= 11 is 0. The van der Waals surface area contributed by atoms with E-state index in [1.807, 2.05) is 0 Å². The molecule has 1 aliphatic heterocycles. The number of hydrogen-bond donors (Lipinski definition) is 1. The predicted molar refractivity (Wildman–Crippen MR) is 66.2 cm³/mol. The molecular weight excluding hydrogens is 236 g/mol. The largest absolute Gasteiger partial charge is 0.297 e. The maximum Gasteiger partial charge on any atom is 0.150 e. The minimum absolute atomic E-state index is 0.153. The molecule has 0 atom stereocenters. The van der Waals surface area contributed by atoms with Gasteiger partial charge in [-0.25, -0.2) is 8.42 Å². The Bertz CT molecular complexity index is 391. The second-order valence-electron chi connectivity index (χ2n) is 5.32. The van der Waals surface area contributed by atoms with Crippen molar-refractivity contribution in [3.63, 3.8) is 0 Å². The van der Waals surface area contributed by atoms with E-state index in [0.29, 0.717) is 18.9 Å². The van der Waals surface area contributed by atoms with Gasteiger partial charge in [-0.15, -0.1) is 0 Å². The zero-order chi connectivity index (χ0) is 12.4. The minimum atomic E-state index is -2.90. The van der Waals surface area contributed by atoms with Crippen LogP contribution >= 0.6 is 0 Å². The van der Waals surface area contributed by atoms with Crippen LogP contribution in [-0.4, -0.2) is 31.5 Å². The molecule has 2 fully saturated rings. The highest BCUT2D eigenvalue weighted by atomic mass is 32.2. The lowest BCUT2D eigenvalue weighted by molar-refractivity contribution is 0.278. The first-order valence-electron chi connectivity index (χ1n) is 6.45. The molecule has 1 N–H and O–H groups in total. The molecule has 1 heterocycles. The van der Waals surface area contributed by atoms with Gasteiger partial charge in [-0.05, 0) is 25.7 Å². The standard InChI is InChI=1S/C12H20N2O2S/c13-10-12(6-8-17(15,16)9-7-12)14-11-4-2-1-3-5-11/h11,14H,1-9H2. The van der Waals surface area contributed by atoms with Crippen LogP contribution in [0.5, 0.6) is 0 Å². The van der Waals surface area contributed by atoms with Crippen LogP contribution in [0.1, 0.15) is 44.9 Å². The summed E-state index contributed by atoms with van der Waals surface area (Å²) in [5.74, 6) is 0.306. The van der Waals surface area contributed by atoms with E-state index in [2.05, 4.69) is 11.4 Å². The smallest absolute Gasteiger partial charge is 0.150 e. The normalized spacial score (nSPS) is 28.4. The molecule has 1 saturated carbocycles. The zero-order valence-electron chi connectivity index (χ0n) is 10.1. The first kappa shape index (κ1) is 12.8. The molecule has 0 aromatic carbocycles. The second kappa shape index (κ2) is 4.95. The van der Waals surface area contributed by atoms with E-state index in [-0.39, 0.29) is 11.5 Å². The van der Waals surface area contributed by atoms with Crippen molar-refractivity contribution in [2.75, 3.05) is 11.5 Å². The molecule has 2 rings (SSSR count). The van der Waals surface area contributed by atoms with Crippen molar-refractivity contribution in [2.24, 2.45) is 0 Å². The van der Waals surface area contributed by atoms with Crippen LogP contribution in [0.25, 0.3) is 0 Å². The summed E-state index contributed by atoms with van der Waals surface area (Å²) in [6.45, 7) is 0. The highest BCUT2D eigenvalue weighted by Crippen LogP contribution is 2.27. The van der Waals surface area contributed by atoms with Crippen molar-refractivity contribution < 1.29 is 8.42 Å². The highest BCUT2D eigenvalue weighted by Gasteiger charge is 2.38. The van der Waals surface area contributed by atoms with Gasteiger partial charge in [0.2, 0.25) is 0 Å². The van der Waals surface area contributed by atoms with Crippen molar-refractivity contribution in [2.45, 2.75) is 56.5 Å². The zero-order valence-corrected chi connectivity index (χ0v) is 10.9. The number of nitrogens with zero attached hydrogens (tertiary/aromatic N) is 1. The first-order valence-corrected chi connectivity index (χ1v) is 8.27. The molecule has 4 nitrogen and oxygen atoms in total. The Balaban J connectivity index is 1.98. The average molecular weight is 256 g/mol. The molecule has 0 spiro atoms. The van der Waals surface area contributed by atoms with Gasteiger partial charge in [-0.3, -0.25) is 5.32 Å². The van der Waals surface area contributed by atoms with Crippen LogP contribution in [0.4, 0.5) is 0 Å². The Labute approximate surface area is 103 Å². The summed E-state index contributed by atoms with van der Waals surface area (Å²) in [5.41, 5.74) is -0.590. The summed E-state index contributed by atoms with van der Waals surface area (Å²) in [5, 5.41) is 12.8. The Kier molecular flexibility index (Phi) is 3.74. The van der Waals surface area contributed by atoms with Crippen LogP contribution < -0.4 is 5.32 Å². The van der Waals surface area contributed by atoms with Gasteiger partial charge in [0.05, 0.1) is 17.6 Å². The number of hydrogen-bond acceptors (Lipinski definition) is 4. The highest BCUT2D eigenvalue weighted by molar-refractivity contribution is 7.91. The third-order valence-electron chi connectivity index (χ3n) is 3.98. The van der Waals surface area contributed by atoms with Gasteiger partial charge in [0, 0.05) is 6.04 Å². The summed E-state index contributed by atoms with van der Waals surface area (Å²) in [6, 6.07) is 2.73. The monoisotopic (exact) mass is 256 g/mol. The van der Waals surface area contributed by atoms with Crippen molar-refractivity contribution in [3.05, 3.63) is 0 Å². The Hall–Kier alpha value is -0.600. The molecule has 0 aromatic rings. The van der Waals surface area contributed by atoms with Gasteiger partial charge >= 0.3 is 0 Å². The molecule has 96 valence electrons. The second-order valence-corrected chi connectivity index (χ2v) is 7.63. The van der Waals surface area contributed by atoms with E-state index in [0.717, 1.165) is 12.8 Å². The molecular formula is C12H20N2O2S. The van der Waals surface area contributed by atoms with Gasteiger partial charge in [0.25, 0.3) is 0 Å². The van der Waals surface area contributed by atoms with Crippen LogP contribution in [-0.2, 0) is 9.84 Å². The molecule has 1 saturated heterocycles. The topological polar surface area (TPSA) is 70.0 Å². The average Bonchev–Trinajstić information content (AvgIpc) is 2.34. The molecule has 2 aliphatic rings. The van der Waals surface area contributed by atoms with Crippen molar-refractivity contribution in [1.29, 1.82) is 5.26 Å². The van der Waals surface area contributed by atoms with Crippen molar-refractivity contribution in [1.82, 2.24) is 5.32 Å². The molecule has 1 aliphatic carbocycles. The fourth-order valence-electron chi connectivity index (χ4n) is 2.81. The number of nitriles is 1. The third kappa shape index (κ3) is 3.20. The number of rotatable bonds is 2. The van der Waals surface area contributed by atoms with Crippen LogP contribution in [0.2, 0.25) is 0 Å². The number of nitrogens with one attached hydrogen (secondary N) is 1. The minimum Gasteiger partial charge on any atom is -0.297 e. The van der Waals surface area contributed by atoms with Crippen LogP contribution in [0, 0.1) is 11.3 Å². The lowest BCUT2D eigenvalue weighted by atomic mass is 9.88. The molecule has 0 bridgehead atoms. The van der Waals surface area contributed by atoms with Gasteiger partial charge < -0.3 is 0 Å². The molecule has 0 amide bonds. The van der Waals surface area contributed by atoms with Crippen molar-refractivity contribution >= 4 is 9.84 Å². The molecule has 0 radical (unpaired) electrons. The lowest BCUT2D eigenvalue weighted by Gasteiger charge is -2.36. The third-order valence-corrected chi connectivity index (χ3v) is 5.63. The van der Waals surface area contributed by atoms with E-state index in [1.54, 1.807) is 0 Å².